The Morgan fingerprint density at radius 2 is 2.04 bits per heavy atom. The first kappa shape index (κ1) is 19.7. The van der Waals surface area contributed by atoms with E-state index >= 15 is 0 Å². The van der Waals surface area contributed by atoms with Crippen molar-refractivity contribution in [2.45, 2.75) is 25.8 Å². The van der Waals surface area contributed by atoms with Crippen molar-refractivity contribution in [2.24, 2.45) is 0 Å². The summed E-state index contributed by atoms with van der Waals surface area (Å²) in [4.78, 5) is 14.5. The third-order valence-electron chi connectivity index (χ3n) is 3.92. The molecule has 1 aliphatic rings. The molecule has 1 unspecified atom stereocenters. The molecule has 1 aliphatic heterocycles. The van der Waals surface area contributed by atoms with Crippen LogP contribution in [-0.2, 0) is 10.0 Å². The van der Waals surface area contributed by atoms with E-state index in [2.05, 4.69) is 10.0 Å². The van der Waals surface area contributed by atoms with E-state index in [1.807, 2.05) is 7.05 Å². The van der Waals surface area contributed by atoms with Gasteiger partial charge < -0.3 is 10.2 Å². The molecule has 0 radical (unpaired) electrons. The summed E-state index contributed by atoms with van der Waals surface area (Å²) < 4.78 is 26.0. The highest BCUT2D eigenvalue weighted by Gasteiger charge is 2.25. The van der Waals surface area contributed by atoms with Gasteiger partial charge in [-0.05, 0) is 38.9 Å². The van der Waals surface area contributed by atoms with E-state index in [9.17, 15) is 13.2 Å². The summed E-state index contributed by atoms with van der Waals surface area (Å²) in [5, 5.41) is 3.20. The van der Waals surface area contributed by atoms with Crippen LogP contribution in [0, 0.1) is 0 Å². The van der Waals surface area contributed by atoms with Gasteiger partial charge in [0.05, 0.1) is 17.0 Å². The first-order valence-electron chi connectivity index (χ1n) is 7.53. The molecule has 8 heteroatoms. The molecule has 0 bridgehead atoms. The monoisotopic (exact) mass is 361 g/mol. The van der Waals surface area contributed by atoms with Crippen LogP contribution in [0.15, 0.2) is 24.3 Å². The molecule has 1 aromatic carbocycles. The van der Waals surface area contributed by atoms with Crippen LogP contribution in [0.25, 0.3) is 0 Å². The van der Waals surface area contributed by atoms with Crippen LogP contribution < -0.4 is 10.0 Å². The third kappa shape index (κ3) is 5.09. The fraction of sp³-hybridized carbons (Fsp3) is 0.533. The number of amides is 1. The molecule has 1 fully saturated rings. The molecule has 130 valence electrons. The molecule has 1 heterocycles. The molecule has 1 amide bonds. The van der Waals surface area contributed by atoms with Crippen LogP contribution in [0.1, 0.15) is 30.1 Å². The van der Waals surface area contributed by atoms with E-state index in [0.29, 0.717) is 24.3 Å². The van der Waals surface area contributed by atoms with Gasteiger partial charge in [0.15, 0.2) is 0 Å². The number of carbonyl (C=O) groups excluding carboxylic acids is 1. The average molecular weight is 362 g/mol. The summed E-state index contributed by atoms with van der Waals surface area (Å²) in [5.41, 5.74) is 0.747. The van der Waals surface area contributed by atoms with Gasteiger partial charge in [0.2, 0.25) is 10.0 Å². The molecular formula is C15H24ClN3O3S. The first-order valence-corrected chi connectivity index (χ1v) is 9.18. The Labute approximate surface area is 144 Å². The second-order valence-corrected chi connectivity index (χ2v) is 7.44. The van der Waals surface area contributed by atoms with Gasteiger partial charge in [-0.25, -0.2) is 8.42 Å². The van der Waals surface area contributed by atoms with Gasteiger partial charge in [-0.15, -0.1) is 12.4 Å². The number of para-hydroxylation sites is 1. The zero-order valence-corrected chi connectivity index (χ0v) is 15.0. The number of sulfonamides is 1. The number of carbonyl (C=O) groups is 1. The number of anilines is 1. The predicted molar refractivity (Wildman–Crippen MR) is 94.8 cm³/mol. The molecule has 0 spiro atoms. The molecule has 23 heavy (non-hydrogen) atoms. The van der Waals surface area contributed by atoms with E-state index in [1.165, 1.54) is 0 Å². The zero-order valence-electron chi connectivity index (χ0n) is 13.4. The molecule has 6 nitrogen and oxygen atoms in total. The second kappa shape index (κ2) is 8.52. The number of benzene rings is 1. The maximum Gasteiger partial charge on any atom is 0.256 e. The van der Waals surface area contributed by atoms with Gasteiger partial charge >= 0.3 is 0 Å². The minimum Gasteiger partial charge on any atom is -0.337 e. The summed E-state index contributed by atoms with van der Waals surface area (Å²) in [6.45, 7) is 2.91. The Balaban J connectivity index is 0.00000264. The van der Waals surface area contributed by atoms with Gasteiger partial charge in [-0.3, -0.25) is 9.52 Å². The quantitative estimate of drug-likeness (QED) is 0.836. The number of hydrogen-bond donors (Lipinski definition) is 2. The molecule has 0 aromatic heterocycles. The Kier molecular flexibility index (Phi) is 7.31. The van der Waals surface area contributed by atoms with Crippen LogP contribution in [0.5, 0.6) is 0 Å². The maximum atomic E-state index is 12.7. The summed E-state index contributed by atoms with van der Waals surface area (Å²) in [6.07, 6.45) is 1.99. The smallest absolute Gasteiger partial charge is 0.256 e. The normalized spacial score (nSPS) is 18.2. The maximum absolute atomic E-state index is 12.7. The highest BCUT2D eigenvalue weighted by molar-refractivity contribution is 7.92. The summed E-state index contributed by atoms with van der Waals surface area (Å²) >= 11 is 0. The van der Waals surface area contributed by atoms with E-state index in [0.717, 1.165) is 12.8 Å². The Hall–Kier alpha value is -1.31. The van der Waals surface area contributed by atoms with Crippen molar-refractivity contribution in [3.05, 3.63) is 29.8 Å². The number of hydrogen-bond acceptors (Lipinski definition) is 4. The highest BCUT2D eigenvalue weighted by atomic mass is 35.5. The molecule has 1 aromatic rings. The molecule has 0 saturated carbocycles. The molecule has 0 aliphatic carbocycles. The molecule has 1 atom stereocenters. The van der Waals surface area contributed by atoms with Crippen molar-refractivity contribution in [3.8, 4) is 0 Å². The van der Waals surface area contributed by atoms with Crippen LogP contribution >= 0.6 is 12.4 Å². The highest BCUT2D eigenvalue weighted by Crippen LogP contribution is 2.21. The van der Waals surface area contributed by atoms with E-state index in [4.69, 9.17) is 0 Å². The van der Waals surface area contributed by atoms with Crippen molar-refractivity contribution in [2.75, 3.05) is 30.6 Å². The van der Waals surface area contributed by atoms with Gasteiger partial charge in [-0.1, -0.05) is 12.1 Å². The SMILES string of the molecule is CCS(=O)(=O)Nc1ccccc1C(=O)N1CCCC(NC)C1.Cl. The van der Waals surface area contributed by atoms with Crippen LogP contribution in [0.3, 0.4) is 0 Å². The fourth-order valence-electron chi connectivity index (χ4n) is 2.57. The number of halogens is 1. The van der Waals surface area contributed by atoms with Gasteiger partial charge in [0, 0.05) is 19.1 Å². The molecular weight excluding hydrogens is 338 g/mol. The Bertz CT molecular complexity index is 637. The third-order valence-corrected chi connectivity index (χ3v) is 5.21. The molecule has 2 N–H and O–H groups in total. The summed E-state index contributed by atoms with van der Waals surface area (Å²) in [5.74, 6) is -0.157. The van der Waals surface area contributed by atoms with Gasteiger partial charge in [-0.2, -0.15) is 0 Å². The van der Waals surface area contributed by atoms with Crippen molar-refractivity contribution in [3.63, 3.8) is 0 Å². The Morgan fingerprint density at radius 3 is 2.70 bits per heavy atom. The number of rotatable bonds is 5. The Morgan fingerprint density at radius 1 is 1.35 bits per heavy atom. The number of piperidine rings is 1. The van der Waals surface area contributed by atoms with E-state index in [1.54, 1.807) is 36.1 Å². The second-order valence-electron chi connectivity index (χ2n) is 5.43. The predicted octanol–water partition coefficient (Wildman–Crippen LogP) is 1.69. The number of nitrogens with one attached hydrogen (secondary N) is 2. The minimum absolute atomic E-state index is 0. The molecule has 1 saturated heterocycles. The zero-order chi connectivity index (χ0) is 16.2. The lowest BCUT2D eigenvalue weighted by atomic mass is 10.0. The van der Waals surface area contributed by atoms with Crippen molar-refractivity contribution < 1.29 is 13.2 Å². The van der Waals surface area contributed by atoms with Crippen molar-refractivity contribution in [1.29, 1.82) is 0 Å². The lowest BCUT2D eigenvalue weighted by Gasteiger charge is -2.33. The summed E-state index contributed by atoms with van der Waals surface area (Å²) in [6, 6.07) is 7.05. The number of likely N-dealkylation sites (tertiary alicyclic amines) is 1. The largest absolute Gasteiger partial charge is 0.337 e. The van der Waals surface area contributed by atoms with Crippen molar-refractivity contribution in [1.82, 2.24) is 10.2 Å². The topological polar surface area (TPSA) is 78.5 Å². The van der Waals surface area contributed by atoms with Crippen LogP contribution in [0.2, 0.25) is 0 Å². The summed E-state index contributed by atoms with van der Waals surface area (Å²) in [7, 11) is -1.52. The van der Waals surface area contributed by atoms with Crippen molar-refractivity contribution >= 4 is 34.0 Å². The first-order chi connectivity index (χ1) is 10.5. The fourth-order valence-corrected chi connectivity index (χ4v) is 3.22. The van der Waals surface area contributed by atoms with E-state index < -0.39 is 10.0 Å². The van der Waals surface area contributed by atoms with E-state index in [-0.39, 0.29) is 30.1 Å². The molecule has 2 rings (SSSR count). The lowest BCUT2D eigenvalue weighted by Crippen LogP contribution is -2.47. The average Bonchev–Trinajstić information content (AvgIpc) is 2.54. The standard InChI is InChI=1S/C15H23N3O3S.ClH/c1-3-22(20,21)17-14-9-5-4-8-13(14)15(19)18-10-6-7-12(11-18)16-2;/h4-5,8-9,12,16-17H,3,6-7,10-11H2,1-2H3;1H. The number of nitrogens with zero attached hydrogens (tertiary/aromatic N) is 1. The van der Waals surface area contributed by atoms with Crippen LogP contribution in [-0.4, -0.2) is 51.2 Å². The van der Waals surface area contributed by atoms with Gasteiger partial charge in [0.25, 0.3) is 5.91 Å². The van der Waals surface area contributed by atoms with Crippen LogP contribution in [0.4, 0.5) is 5.69 Å². The number of likely N-dealkylation sites (N-methyl/N-ethyl adjacent to an activating group) is 1. The minimum atomic E-state index is -3.41. The lowest BCUT2D eigenvalue weighted by molar-refractivity contribution is 0.0699. The van der Waals surface area contributed by atoms with Gasteiger partial charge in [0.1, 0.15) is 0 Å².